The van der Waals surface area contributed by atoms with E-state index in [0.717, 1.165) is 10.2 Å². The van der Waals surface area contributed by atoms with Crippen molar-refractivity contribution in [3.8, 4) is 11.8 Å². The lowest BCUT2D eigenvalue weighted by molar-refractivity contribution is 0.689. The fourth-order valence-electron chi connectivity index (χ4n) is 0.681. The Morgan fingerprint density at radius 1 is 1.73 bits per heavy atom. The average Bonchev–Trinajstić information content (AvgIpc) is 2.31. The van der Waals surface area contributed by atoms with Crippen LogP contribution >= 0.6 is 15.9 Å². The molecule has 0 aliphatic rings. The van der Waals surface area contributed by atoms with Crippen LogP contribution in [0.15, 0.2) is 4.47 Å². The van der Waals surface area contributed by atoms with Gasteiger partial charge in [-0.3, -0.25) is 4.68 Å². The molecule has 0 aliphatic heterocycles. The summed E-state index contributed by atoms with van der Waals surface area (Å²) < 4.78 is 2.72. The molecular formula is C8H8BrN2. The molecule has 57 valence electrons. The Morgan fingerprint density at radius 2 is 2.45 bits per heavy atom. The fraction of sp³-hybridized carbons (Fsp3) is 0.375. The molecule has 0 N–H and O–H groups in total. The molecule has 1 rings (SSSR count). The molecule has 0 saturated carbocycles. The van der Waals surface area contributed by atoms with Crippen LogP contribution in [-0.4, -0.2) is 9.78 Å². The van der Waals surface area contributed by atoms with Gasteiger partial charge in [0.15, 0.2) is 0 Å². The molecule has 1 radical (unpaired) electrons. The van der Waals surface area contributed by atoms with Crippen molar-refractivity contribution in [1.82, 2.24) is 9.78 Å². The summed E-state index contributed by atoms with van der Waals surface area (Å²) >= 11 is 3.32. The van der Waals surface area contributed by atoms with Gasteiger partial charge in [0.2, 0.25) is 0 Å². The molecule has 11 heavy (non-hydrogen) atoms. The maximum absolute atomic E-state index is 4.00. The van der Waals surface area contributed by atoms with Crippen molar-refractivity contribution in [2.45, 2.75) is 20.4 Å². The summed E-state index contributed by atoms with van der Waals surface area (Å²) in [5.41, 5.74) is 1.06. The molecule has 0 atom stereocenters. The van der Waals surface area contributed by atoms with Gasteiger partial charge in [-0.2, -0.15) is 5.10 Å². The first-order chi connectivity index (χ1) is 5.25. The van der Waals surface area contributed by atoms with E-state index in [-0.39, 0.29) is 0 Å². The van der Waals surface area contributed by atoms with Crippen molar-refractivity contribution in [2.24, 2.45) is 0 Å². The highest BCUT2D eigenvalue weighted by atomic mass is 79.9. The van der Waals surface area contributed by atoms with Crippen LogP contribution in [0.5, 0.6) is 0 Å². The highest BCUT2D eigenvalue weighted by Crippen LogP contribution is 2.12. The predicted octanol–water partition coefficient (Wildman–Crippen LogP) is 1.78. The molecule has 0 spiro atoms. The highest BCUT2D eigenvalue weighted by molar-refractivity contribution is 9.10. The monoisotopic (exact) mass is 211 g/mol. The fourth-order valence-corrected chi connectivity index (χ4v) is 0.965. The Labute approximate surface area is 74.7 Å². The molecule has 1 aromatic rings. The third kappa shape index (κ3) is 1.84. The molecule has 0 aliphatic carbocycles. The molecule has 0 bridgehead atoms. The minimum Gasteiger partial charge on any atom is -0.256 e. The maximum Gasteiger partial charge on any atom is 0.128 e. The van der Waals surface area contributed by atoms with Gasteiger partial charge in [-0.05, 0) is 29.8 Å². The summed E-state index contributed by atoms with van der Waals surface area (Å²) in [5, 5.41) is 4.00. The largest absolute Gasteiger partial charge is 0.256 e. The second-order valence-corrected chi connectivity index (χ2v) is 2.89. The van der Waals surface area contributed by atoms with Crippen molar-refractivity contribution < 1.29 is 0 Å². The van der Waals surface area contributed by atoms with Gasteiger partial charge in [-0.15, -0.1) is 5.92 Å². The Hall–Kier alpha value is -0.750. The Morgan fingerprint density at radius 3 is 2.91 bits per heavy atom. The van der Waals surface area contributed by atoms with Crippen molar-refractivity contribution in [3.63, 3.8) is 0 Å². The number of nitrogens with zero attached hydrogens (tertiary/aromatic N) is 2. The maximum atomic E-state index is 4.00. The summed E-state index contributed by atoms with van der Waals surface area (Å²) in [5.74, 6) is 5.74. The SMILES string of the molecule is CC#CCn1n[c]c(Br)c1C. The van der Waals surface area contributed by atoms with Gasteiger partial charge in [0.1, 0.15) is 12.7 Å². The first-order valence-corrected chi connectivity index (χ1v) is 4.05. The molecule has 0 saturated heterocycles. The molecule has 0 unspecified atom stereocenters. The van der Waals surface area contributed by atoms with Gasteiger partial charge in [0.25, 0.3) is 0 Å². The van der Waals surface area contributed by atoms with E-state index in [1.165, 1.54) is 0 Å². The van der Waals surface area contributed by atoms with E-state index >= 15 is 0 Å². The van der Waals surface area contributed by atoms with E-state index in [4.69, 9.17) is 0 Å². The van der Waals surface area contributed by atoms with Gasteiger partial charge in [0, 0.05) is 0 Å². The van der Waals surface area contributed by atoms with E-state index in [1.54, 1.807) is 4.68 Å². The van der Waals surface area contributed by atoms with Gasteiger partial charge >= 0.3 is 0 Å². The molecule has 1 aromatic heterocycles. The molecular weight excluding hydrogens is 204 g/mol. The zero-order valence-corrected chi connectivity index (χ0v) is 8.07. The van der Waals surface area contributed by atoms with E-state index in [9.17, 15) is 0 Å². The predicted molar refractivity (Wildman–Crippen MR) is 47.0 cm³/mol. The second kappa shape index (κ2) is 3.59. The van der Waals surface area contributed by atoms with Gasteiger partial charge in [-0.1, -0.05) is 5.92 Å². The first-order valence-electron chi connectivity index (χ1n) is 3.26. The third-order valence-corrected chi connectivity index (χ3v) is 2.13. The third-order valence-electron chi connectivity index (χ3n) is 1.38. The van der Waals surface area contributed by atoms with Crippen molar-refractivity contribution in [1.29, 1.82) is 0 Å². The molecule has 0 amide bonds. The van der Waals surface area contributed by atoms with Crippen LogP contribution in [-0.2, 0) is 6.54 Å². The lowest BCUT2D eigenvalue weighted by Crippen LogP contribution is -1.99. The minimum atomic E-state index is 0.643. The van der Waals surface area contributed by atoms with Crippen LogP contribution in [0.2, 0.25) is 0 Å². The van der Waals surface area contributed by atoms with Crippen LogP contribution in [0.4, 0.5) is 0 Å². The van der Waals surface area contributed by atoms with E-state index in [1.807, 2.05) is 13.8 Å². The van der Waals surface area contributed by atoms with Crippen LogP contribution in [0.25, 0.3) is 0 Å². The quantitative estimate of drug-likeness (QED) is 0.648. The smallest absolute Gasteiger partial charge is 0.128 e. The number of rotatable bonds is 1. The summed E-state index contributed by atoms with van der Waals surface area (Å²) in [6, 6.07) is 0. The van der Waals surface area contributed by atoms with Crippen molar-refractivity contribution in [2.75, 3.05) is 0 Å². The van der Waals surface area contributed by atoms with Crippen LogP contribution < -0.4 is 0 Å². The normalized spacial score (nSPS) is 9.00. The van der Waals surface area contributed by atoms with Gasteiger partial charge < -0.3 is 0 Å². The molecule has 3 heteroatoms. The first kappa shape index (κ1) is 8.35. The number of hydrogen-bond acceptors (Lipinski definition) is 1. The molecule has 0 fully saturated rings. The summed E-state index contributed by atoms with van der Waals surface area (Å²) in [7, 11) is 0. The molecule has 2 nitrogen and oxygen atoms in total. The van der Waals surface area contributed by atoms with Crippen LogP contribution in [0.3, 0.4) is 0 Å². The molecule has 0 aromatic carbocycles. The zero-order valence-electron chi connectivity index (χ0n) is 6.48. The highest BCUT2D eigenvalue weighted by Gasteiger charge is 2.00. The van der Waals surface area contributed by atoms with E-state index in [0.29, 0.717) is 6.54 Å². The van der Waals surface area contributed by atoms with Gasteiger partial charge in [-0.25, -0.2) is 0 Å². The van der Waals surface area contributed by atoms with Gasteiger partial charge in [0.05, 0.1) is 10.2 Å². The van der Waals surface area contributed by atoms with Crippen LogP contribution in [0.1, 0.15) is 12.6 Å². The topological polar surface area (TPSA) is 17.8 Å². The Bertz CT molecular complexity index is 304. The minimum absolute atomic E-state index is 0.643. The van der Waals surface area contributed by atoms with E-state index in [2.05, 4.69) is 39.1 Å². The summed E-state index contributed by atoms with van der Waals surface area (Å²) in [4.78, 5) is 0. The van der Waals surface area contributed by atoms with Crippen LogP contribution in [0, 0.1) is 25.0 Å². The lowest BCUT2D eigenvalue weighted by Gasteiger charge is -1.96. The Balaban J connectivity index is 2.84. The lowest BCUT2D eigenvalue weighted by atomic mass is 10.5. The zero-order chi connectivity index (χ0) is 8.27. The van der Waals surface area contributed by atoms with Crippen molar-refractivity contribution in [3.05, 3.63) is 16.4 Å². The number of halogens is 1. The Kier molecular flexibility index (Phi) is 2.72. The average molecular weight is 212 g/mol. The van der Waals surface area contributed by atoms with E-state index < -0.39 is 0 Å². The molecule has 1 heterocycles. The standard InChI is InChI=1S/C8H8BrN2/c1-3-4-5-11-7(2)8(9)6-10-11/h5H2,1-2H3. The summed E-state index contributed by atoms with van der Waals surface area (Å²) in [6.45, 7) is 4.44. The second-order valence-electron chi connectivity index (χ2n) is 2.10. The van der Waals surface area contributed by atoms with Crippen molar-refractivity contribution >= 4 is 15.9 Å². The number of hydrogen-bond donors (Lipinski definition) is 0. The number of aromatic nitrogens is 2. The summed E-state index contributed by atoms with van der Waals surface area (Å²) in [6.07, 6.45) is 2.81.